The van der Waals surface area contributed by atoms with Gasteiger partial charge in [0.05, 0.1) is 6.20 Å². The van der Waals surface area contributed by atoms with Gasteiger partial charge in [-0.25, -0.2) is 14.6 Å². The molecule has 4 rings (SSSR count). The van der Waals surface area contributed by atoms with Crippen LogP contribution in [0.3, 0.4) is 0 Å². The van der Waals surface area contributed by atoms with Crippen LogP contribution in [0.25, 0.3) is 5.82 Å². The maximum atomic E-state index is 5.88. The fourth-order valence-corrected chi connectivity index (χ4v) is 2.98. The summed E-state index contributed by atoms with van der Waals surface area (Å²) in [7, 11) is 0. The van der Waals surface area contributed by atoms with E-state index in [1.54, 1.807) is 35.7 Å². The maximum Gasteiger partial charge on any atom is 0.232 e. The molecule has 1 N–H and O–H groups in total. The van der Waals surface area contributed by atoms with E-state index in [-0.39, 0.29) is 6.10 Å². The largest absolute Gasteiger partial charge is 0.473 e. The van der Waals surface area contributed by atoms with E-state index in [9.17, 15) is 0 Å². The molecule has 8 nitrogen and oxygen atoms in total. The molecule has 1 aliphatic carbocycles. The van der Waals surface area contributed by atoms with Gasteiger partial charge in [-0.3, -0.25) is 4.98 Å². The zero-order chi connectivity index (χ0) is 16.9. The average molecular weight is 337 g/mol. The lowest BCUT2D eigenvalue weighted by atomic mass is 9.93. The minimum atomic E-state index is 0.186. The molecule has 3 aromatic rings. The molecule has 1 fully saturated rings. The van der Waals surface area contributed by atoms with Crippen LogP contribution in [0.15, 0.2) is 49.3 Å². The number of anilines is 1. The predicted molar refractivity (Wildman–Crippen MR) is 91.5 cm³/mol. The quantitative estimate of drug-likeness (QED) is 0.763. The van der Waals surface area contributed by atoms with Gasteiger partial charge in [0.15, 0.2) is 5.82 Å². The van der Waals surface area contributed by atoms with Gasteiger partial charge in [0.1, 0.15) is 6.10 Å². The van der Waals surface area contributed by atoms with Crippen LogP contribution in [0.4, 0.5) is 5.95 Å². The fraction of sp³-hybridized carbons (Fsp3) is 0.353. The summed E-state index contributed by atoms with van der Waals surface area (Å²) in [5.74, 6) is 1.97. The molecular weight excluding hydrogens is 318 g/mol. The summed E-state index contributed by atoms with van der Waals surface area (Å²) < 4.78 is 7.60. The minimum Gasteiger partial charge on any atom is -0.473 e. The number of hydrogen-bond donors (Lipinski definition) is 1. The van der Waals surface area contributed by atoms with Crippen LogP contribution in [-0.4, -0.2) is 41.9 Å². The summed E-state index contributed by atoms with van der Waals surface area (Å²) in [6.45, 7) is 0. The van der Waals surface area contributed by atoms with E-state index < -0.39 is 0 Å². The molecule has 0 atom stereocenters. The zero-order valence-corrected chi connectivity index (χ0v) is 13.7. The number of rotatable bonds is 5. The van der Waals surface area contributed by atoms with Crippen molar-refractivity contribution in [2.75, 3.05) is 5.32 Å². The van der Waals surface area contributed by atoms with Crippen molar-refractivity contribution in [3.05, 3.63) is 49.3 Å². The molecule has 0 bridgehead atoms. The highest BCUT2D eigenvalue weighted by atomic mass is 16.5. The van der Waals surface area contributed by atoms with Gasteiger partial charge in [-0.2, -0.15) is 10.1 Å². The second-order valence-electron chi connectivity index (χ2n) is 5.97. The van der Waals surface area contributed by atoms with Crippen LogP contribution < -0.4 is 10.1 Å². The third-order valence-electron chi connectivity index (χ3n) is 4.21. The predicted octanol–water partition coefficient (Wildman–Crippen LogP) is 2.25. The van der Waals surface area contributed by atoms with E-state index in [2.05, 4.69) is 30.4 Å². The van der Waals surface area contributed by atoms with Gasteiger partial charge in [0.2, 0.25) is 11.8 Å². The van der Waals surface area contributed by atoms with Crippen molar-refractivity contribution < 1.29 is 4.74 Å². The van der Waals surface area contributed by atoms with Crippen LogP contribution in [0, 0.1) is 0 Å². The fourth-order valence-electron chi connectivity index (χ4n) is 2.98. The second-order valence-corrected chi connectivity index (χ2v) is 5.97. The van der Waals surface area contributed by atoms with Crippen molar-refractivity contribution in [3.8, 4) is 11.7 Å². The SMILES string of the molecule is c1cnn(-c2ccnc(NC3CCC(Oc4cnccn4)CC3)n2)c1. The Kier molecular flexibility index (Phi) is 4.49. The van der Waals surface area contributed by atoms with Crippen molar-refractivity contribution in [3.63, 3.8) is 0 Å². The van der Waals surface area contributed by atoms with Crippen LogP contribution >= 0.6 is 0 Å². The summed E-state index contributed by atoms with van der Waals surface area (Å²) in [4.78, 5) is 17.0. The molecule has 1 saturated carbocycles. The summed E-state index contributed by atoms with van der Waals surface area (Å²) in [6.07, 6.45) is 14.4. The minimum absolute atomic E-state index is 0.186. The highest BCUT2D eigenvalue weighted by Gasteiger charge is 2.23. The molecule has 0 aliphatic heterocycles. The number of hydrogen-bond acceptors (Lipinski definition) is 7. The third kappa shape index (κ3) is 3.90. The Balaban J connectivity index is 1.32. The standard InChI is InChI=1S/C17H19N7O/c1-7-21-24(11-1)15-6-8-20-17(23-15)22-13-2-4-14(5-3-13)25-16-12-18-9-10-19-16/h1,6-14H,2-5H2,(H,20,22,23). The molecule has 128 valence electrons. The van der Waals surface area contributed by atoms with Gasteiger partial charge < -0.3 is 10.1 Å². The maximum absolute atomic E-state index is 5.88. The highest BCUT2D eigenvalue weighted by Crippen LogP contribution is 2.24. The highest BCUT2D eigenvalue weighted by molar-refractivity contribution is 5.32. The van der Waals surface area contributed by atoms with E-state index in [0.29, 0.717) is 17.9 Å². The van der Waals surface area contributed by atoms with Crippen molar-refractivity contribution >= 4 is 5.95 Å². The van der Waals surface area contributed by atoms with Crippen LogP contribution in [-0.2, 0) is 0 Å². The first kappa shape index (κ1) is 15.5. The summed E-state index contributed by atoms with van der Waals surface area (Å²) in [5, 5.41) is 7.62. The van der Waals surface area contributed by atoms with Gasteiger partial charge >= 0.3 is 0 Å². The monoisotopic (exact) mass is 337 g/mol. The molecule has 0 aromatic carbocycles. The third-order valence-corrected chi connectivity index (χ3v) is 4.21. The molecule has 25 heavy (non-hydrogen) atoms. The lowest BCUT2D eigenvalue weighted by Crippen LogP contribution is -2.32. The Morgan fingerprint density at radius 2 is 1.96 bits per heavy atom. The van der Waals surface area contributed by atoms with Crippen LogP contribution in [0.1, 0.15) is 25.7 Å². The number of nitrogens with one attached hydrogen (secondary N) is 1. The van der Waals surface area contributed by atoms with Gasteiger partial charge in [-0.05, 0) is 31.7 Å². The van der Waals surface area contributed by atoms with E-state index in [4.69, 9.17) is 4.74 Å². The van der Waals surface area contributed by atoms with Crippen molar-refractivity contribution in [2.45, 2.75) is 37.8 Å². The molecule has 3 aromatic heterocycles. The first-order valence-corrected chi connectivity index (χ1v) is 8.39. The smallest absolute Gasteiger partial charge is 0.232 e. The Labute approximate surface area is 145 Å². The number of ether oxygens (including phenoxy) is 1. The number of nitrogens with zero attached hydrogens (tertiary/aromatic N) is 6. The normalized spacial score (nSPS) is 20.2. The van der Waals surface area contributed by atoms with Crippen molar-refractivity contribution in [1.82, 2.24) is 29.7 Å². The van der Waals surface area contributed by atoms with E-state index in [0.717, 1.165) is 31.5 Å². The van der Waals surface area contributed by atoms with Gasteiger partial charge in [-0.15, -0.1) is 0 Å². The Morgan fingerprint density at radius 1 is 1.04 bits per heavy atom. The molecule has 0 radical (unpaired) electrons. The first-order chi connectivity index (χ1) is 12.4. The van der Waals surface area contributed by atoms with Gasteiger partial charge in [0.25, 0.3) is 0 Å². The lowest BCUT2D eigenvalue weighted by Gasteiger charge is -2.29. The Hall–Kier alpha value is -3.03. The zero-order valence-electron chi connectivity index (χ0n) is 13.7. The molecular formula is C17H19N7O. The van der Waals surface area contributed by atoms with E-state index in [1.165, 1.54) is 0 Å². The Morgan fingerprint density at radius 3 is 2.72 bits per heavy atom. The van der Waals surface area contributed by atoms with Gasteiger partial charge in [-0.1, -0.05) is 0 Å². The molecule has 0 unspecified atom stereocenters. The van der Waals surface area contributed by atoms with Crippen molar-refractivity contribution in [1.29, 1.82) is 0 Å². The lowest BCUT2D eigenvalue weighted by molar-refractivity contribution is 0.143. The summed E-state index contributed by atoms with van der Waals surface area (Å²) >= 11 is 0. The van der Waals surface area contributed by atoms with Crippen LogP contribution in [0.2, 0.25) is 0 Å². The second kappa shape index (κ2) is 7.25. The number of aromatic nitrogens is 6. The summed E-state index contributed by atoms with van der Waals surface area (Å²) in [5.41, 5.74) is 0. The molecule has 3 heterocycles. The topological polar surface area (TPSA) is 90.6 Å². The molecule has 0 amide bonds. The van der Waals surface area contributed by atoms with E-state index >= 15 is 0 Å². The molecule has 1 aliphatic rings. The Bertz CT molecular complexity index is 786. The molecule has 0 spiro atoms. The first-order valence-electron chi connectivity index (χ1n) is 8.39. The molecule has 8 heteroatoms. The molecule has 0 saturated heterocycles. The van der Waals surface area contributed by atoms with E-state index in [1.807, 2.05) is 18.3 Å². The average Bonchev–Trinajstić information content (AvgIpc) is 3.19. The van der Waals surface area contributed by atoms with Gasteiger partial charge in [0, 0.05) is 43.1 Å². The van der Waals surface area contributed by atoms with Crippen molar-refractivity contribution in [2.24, 2.45) is 0 Å². The summed E-state index contributed by atoms with van der Waals surface area (Å²) in [6, 6.07) is 4.05. The van der Waals surface area contributed by atoms with Crippen LogP contribution in [0.5, 0.6) is 5.88 Å².